The lowest BCUT2D eigenvalue weighted by atomic mass is 9.98. The second-order valence-electron chi connectivity index (χ2n) is 16.6. The number of methoxy groups -OCH3 is 1. The number of halogens is 1. The third kappa shape index (κ3) is 10.4. The van der Waals surface area contributed by atoms with Gasteiger partial charge in [-0.2, -0.15) is 10.1 Å². The van der Waals surface area contributed by atoms with E-state index in [0.29, 0.717) is 65.3 Å². The average molecular weight is 897 g/mol. The Labute approximate surface area is 354 Å². The number of carbonyl (C=O) groups is 1. The van der Waals surface area contributed by atoms with Crippen molar-refractivity contribution in [1.82, 2.24) is 30.0 Å². The Morgan fingerprint density at radius 3 is 2.41 bits per heavy atom. The number of aliphatic hydroxyl groups excluding tert-OH is 1. The smallest absolute Gasteiger partial charge is 0.410 e. The number of amides is 1. The summed E-state index contributed by atoms with van der Waals surface area (Å²) < 4.78 is 43.9. The van der Waals surface area contributed by atoms with Gasteiger partial charge in [-0.3, -0.25) is 10.00 Å². The Hall–Kier alpha value is -4.65. The lowest BCUT2D eigenvalue weighted by Crippen LogP contribution is -2.55. The normalized spacial score (nSPS) is 17.4. The van der Waals surface area contributed by atoms with Crippen LogP contribution < -0.4 is 25.0 Å². The number of aliphatic hydroxyl groups is 1. The summed E-state index contributed by atoms with van der Waals surface area (Å²) in [4.78, 5) is 28.6. The zero-order chi connectivity index (χ0) is 42.0. The number of ether oxygens (including phenoxy) is 3. The van der Waals surface area contributed by atoms with E-state index in [4.69, 9.17) is 19.2 Å². The number of hydrogen-bond acceptors (Lipinski definition) is 14. The van der Waals surface area contributed by atoms with Crippen LogP contribution in [0.15, 0.2) is 58.3 Å². The van der Waals surface area contributed by atoms with Crippen LogP contribution in [-0.4, -0.2) is 127 Å². The molecule has 2 aromatic carbocycles. The van der Waals surface area contributed by atoms with Crippen LogP contribution >= 0.6 is 15.9 Å². The van der Waals surface area contributed by atoms with Crippen molar-refractivity contribution >= 4 is 60.7 Å². The first kappa shape index (κ1) is 42.5. The van der Waals surface area contributed by atoms with E-state index in [1.165, 1.54) is 6.07 Å². The molecule has 318 valence electrons. The van der Waals surface area contributed by atoms with Crippen LogP contribution in [-0.2, 0) is 14.6 Å². The lowest BCUT2D eigenvalue weighted by molar-refractivity contribution is 0.00901. The number of hydrogen-bond donors (Lipinski definition) is 4. The number of nitrogens with zero attached hydrogens (tertiary/aromatic N) is 6. The molecule has 59 heavy (non-hydrogen) atoms. The fraction of sp³-hybridized carbons (Fsp3) is 0.512. The maximum atomic E-state index is 12.9. The summed E-state index contributed by atoms with van der Waals surface area (Å²) in [6.07, 6.45) is 10.7. The summed E-state index contributed by atoms with van der Waals surface area (Å²) in [6, 6.07) is 9.32. The standard InChI is InChI=1S/C41H54BrN9O7S/c1-40(2,3)58-39(53)51-17-15-49(16-18-51)28-8-13-50(14-9-28)34-22-35(56-4)33(21-30(34)27-23-44-45-24-27)47-38-43-25-31(42)37(48-38)46-32-7-6-29(20-36(32)59(5,54)55)57-19-12-41(26-52)10-11-41/h6-7,20-25,28,52H,8-19,26H2,1-5H3,(H,44,45)(H2,43,46,47,48). The number of piperidine rings is 1. The summed E-state index contributed by atoms with van der Waals surface area (Å²) in [7, 11) is -2.04. The lowest BCUT2D eigenvalue weighted by Gasteiger charge is -2.43. The van der Waals surface area contributed by atoms with Gasteiger partial charge in [-0.25, -0.2) is 18.2 Å². The van der Waals surface area contributed by atoms with Gasteiger partial charge in [0.05, 0.1) is 40.7 Å². The molecule has 1 saturated carbocycles. The topological polar surface area (TPSA) is 187 Å². The molecule has 4 N–H and O–H groups in total. The van der Waals surface area contributed by atoms with Crippen molar-refractivity contribution in [1.29, 1.82) is 0 Å². The van der Waals surface area contributed by atoms with E-state index in [2.05, 4.69) is 51.5 Å². The zero-order valence-electron chi connectivity index (χ0n) is 34.3. The molecule has 3 aliphatic rings. The van der Waals surface area contributed by atoms with Gasteiger partial charge in [0.15, 0.2) is 9.84 Å². The Morgan fingerprint density at radius 1 is 1.03 bits per heavy atom. The van der Waals surface area contributed by atoms with Crippen molar-refractivity contribution in [3.05, 3.63) is 53.4 Å². The largest absolute Gasteiger partial charge is 0.494 e. The summed E-state index contributed by atoms with van der Waals surface area (Å²) in [5, 5.41) is 23.3. The zero-order valence-corrected chi connectivity index (χ0v) is 36.7. The Kier molecular flexibility index (Phi) is 12.6. The predicted octanol–water partition coefficient (Wildman–Crippen LogP) is 6.59. The predicted molar refractivity (Wildman–Crippen MR) is 230 cm³/mol. The van der Waals surface area contributed by atoms with Gasteiger partial charge in [-0.1, -0.05) is 0 Å². The van der Waals surface area contributed by atoms with E-state index in [1.807, 2.05) is 44.0 Å². The minimum absolute atomic E-state index is 0.0603. The highest BCUT2D eigenvalue weighted by atomic mass is 79.9. The van der Waals surface area contributed by atoms with Crippen molar-refractivity contribution in [2.75, 3.05) is 81.4 Å². The molecular weight excluding hydrogens is 842 g/mol. The third-order valence-corrected chi connectivity index (χ3v) is 12.9. The molecule has 18 heteroatoms. The molecule has 16 nitrogen and oxygen atoms in total. The average Bonchev–Trinajstić information content (AvgIpc) is 3.78. The second-order valence-corrected chi connectivity index (χ2v) is 19.4. The molecule has 0 spiro atoms. The van der Waals surface area contributed by atoms with Gasteiger partial charge >= 0.3 is 6.09 Å². The summed E-state index contributed by atoms with van der Waals surface area (Å²) in [5.74, 6) is 1.62. The van der Waals surface area contributed by atoms with E-state index >= 15 is 0 Å². The van der Waals surface area contributed by atoms with Gasteiger partial charge in [0, 0.05) is 99.5 Å². The number of benzene rings is 2. The molecule has 0 bridgehead atoms. The second kappa shape index (κ2) is 17.5. The van der Waals surface area contributed by atoms with Crippen molar-refractivity contribution in [3.8, 4) is 22.6 Å². The molecule has 2 saturated heterocycles. The van der Waals surface area contributed by atoms with Gasteiger partial charge in [-0.15, -0.1) is 0 Å². The fourth-order valence-electron chi connectivity index (χ4n) is 7.61. The van der Waals surface area contributed by atoms with Crippen molar-refractivity contribution in [2.24, 2.45) is 5.41 Å². The molecule has 4 heterocycles. The number of anilines is 5. The van der Waals surface area contributed by atoms with E-state index < -0.39 is 15.4 Å². The number of aromatic amines is 1. The minimum Gasteiger partial charge on any atom is -0.494 e. The van der Waals surface area contributed by atoms with Crippen LogP contribution in [0.25, 0.3) is 11.1 Å². The highest BCUT2D eigenvalue weighted by Gasteiger charge is 2.41. The summed E-state index contributed by atoms with van der Waals surface area (Å²) >= 11 is 3.52. The van der Waals surface area contributed by atoms with Gasteiger partial charge in [0.2, 0.25) is 5.95 Å². The number of piperazine rings is 1. The van der Waals surface area contributed by atoms with Gasteiger partial charge in [-0.05, 0) is 92.4 Å². The Morgan fingerprint density at radius 2 is 1.78 bits per heavy atom. The van der Waals surface area contributed by atoms with E-state index in [1.54, 1.807) is 31.6 Å². The molecule has 2 aliphatic heterocycles. The molecule has 0 unspecified atom stereocenters. The first-order chi connectivity index (χ1) is 28.1. The summed E-state index contributed by atoms with van der Waals surface area (Å²) in [5.41, 5.74) is 3.25. The van der Waals surface area contributed by atoms with Crippen LogP contribution in [0.2, 0.25) is 0 Å². The quantitative estimate of drug-likeness (QED) is 0.106. The first-order valence-electron chi connectivity index (χ1n) is 20.0. The van der Waals surface area contributed by atoms with Gasteiger partial charge in [0.1, 0.15) is 22.9 Å². The molecular formula is C41H54BrN9O7S. The molecule has 0 atom stereocenters. The number of carbonyl (C=O) groups excluding carboxylic acids is 1. The summed E-state index contributed by atoms with van der Waals surface area (Å²) in [6.45, 7) is 10.8. The van der Waals surface area contributed by atoms with E-state index in [0.717, 1.165) is 74.9 Å². The van der Waals surface area contributed by atoms with Gasteiger partial charge < -0.3 is 39.8 Å². The Balaban J connectivity index is 1.05. The van der Waals surface area contributed by atoms with Crippen LogP contribution in [0.3, 0.4) is 0 Å². The molecule has 0 radical (unpaired) electrons. The van der Waals surface area contributed by atoms with Crippen molar-refractivity contribution < 1.29 is 32.5 Å². The van der Waals surface area contributed by atoms with Gasteiger partial charge in [0.25, 0.3) is 0 Å². The number of sulfone groups is 1. The number of H-pyrrole nitrogens is 1. The minimum atomic E-state index is -3.67. The molecule has 1 aliphatic carbocycles. The highest BCUT2D eigenvalue weighted by molar-refractivity contribution is 9.10. The number of nitrogens with one attached hydrogen (secondary N) is 3. The van der Waals surface area contributed by atoms with E-state index in [-0.39, 0.29) is 29.0 Å². The fourth-order valence-corrected chi connectivity index (χ4v) is 8.75. The van der Waals surface area contributed by atoms with Crippen LogP contribution in [0.5, 0.6) is 11.5 Å². The maximum absolute atomic E-state index is 12.9. The SMILES string of the molecule is COc1cc(N2CCC(N3CCN(C(=O)OC(C)(C)C)CC3)CC2)c(-c2cn[nH]c2)cc1Nc1ncc(Br)c(Nc2ccc(OCCC3(CO)CC3)cc2S(C)(=O)=O)n1. The molecule has 7 rings (SSSR count). The molecule has 2 aromatic heterocycles. The van der Waals surface area contributed by atoms with E-state index in [9.17, 15) is 18.3 Å². The first-order valence-corrected chi connectivity index (χ1v) is 22.6. The highest BCUT2D eigenvalue weighted by Crippen LogP contribution is 2.48. The monoisotopic (exact) mass is 895 g/mol. The molecule has 4 aromatic rings. The maximum Gasteiger partial charge on any atom is 0.410 e. The third-order valence-electron chi connectivity index (χ3n) is 11.2. The van der Waals surface area contributed by atoms with Crippen LogP contribution in [0, 0.1) is 5.41 Å². The van der Waals surface area contributed by atoms with Crippen LogP contribution in [0.1, 0.15) is 52.9 Å². The number of rotatable bonds is 14. The van der Waals surface area contributed by atoms with Crippen molar-refractivity contribution in [3.63, 3.8) is 0 Å². The Bertz CT molecular complexity index is 2220. The van der Waals surface area contributed by atoms with Crippen molar-refractivity contribution in [2.45, 2.75) is 69.4 Å². The molecule has 3 fully saturated rings. The molecule has 1 amide bonds. The van der Waals surface area contributed by atoms with Crippen LogP contribution in [0.4, 0.5) is 33.6 Å². The number of aromatic nitrogens is 4.